The van der Waals surface area contributed by atoms with Crippen LogP contribution in [0, 0.1) is 11.6 Å². The van der Waals surface area contributed by atoms with E-state index in [0.29, 0.717) is 18.5 Å². The third kappa shape index (κ3) is 5.17. The Balaban J connectivity index is 1.55. The predicted molar refractivity (Wildman–Crippen MR) is 105 cm³/mol. The van der Waals surface area contributed by atoms with E-state index in [1.165, 1.54) is 31.0 Å². The molecule has 2 aliphatic rings. The Morgan fingerprint density at radius 1 is 1.19 bits per heavy atom. The van der Waals surface area contributed by atoms with E-state index in [4.69, 9.17) is 0 Å². The molecule has 1 aliphatic carbocycles. The number of nitrogens with zero attached hydrogens (tertiary/aromatic N) is 3. The fraction of sp³-hybridized carbons (Fsp3) is 0.650. The molecule has 0 bridgehead atoms. The quantitative estimate of drug-likeness (QED) is 0.588. The average molecular weight is 379 g/mol. The summed E-state index contributed by atoms with van der Waals surface area (Å²) in [5.41, 5.74) is 0.0863. The first-order valence-corrected chi connectivity index (χ1v) is 9.81. The molecule has 7 heteroatoms. The van der Waals surface area contributed by atoms with Gasteiger partial charge in [-0.05, 0) is 51.9 Å². The van der Waals surface area contributed by atoms with Gasteiger partial charge in [0.15, 0.2) is 5.96 Å². The second kappa shape index (κ2) is 8.97. The minimum absolute atomic E-state index is 0.0863. The number of hydrogen-bond acceptors (Lipinski definition) is 3. The standard InChI is InChI=1S/C20H31F2N5/c1-23-20(25-14-9-11-27(12-10-14)15-7-8-15)24-13-18(26(2)3)19-16(21)5-4-6-17(19)22/h4-6,14-15,18H,7-13H2,1-3H3,(H2,23,24,25). The van der Waals surface area contributed by atoms with Crippen LogP contribution >= 0.6 is 0 Å². The molecule has 1 aromatic rings. The summed E-state index contributed by atoms with van der Waals surface area (Å²) < 4.78 is 28.4. The zero-order valence-electron chi connectivity index (χ0n) is 16.5. The van der Waals surface area contributed by atoms with Crippen LogP contribution in [-0.4, -0.2) is 68.6 Å². The van der Waals surface area contributed by atoms with Gasteiger partial charge in [0.1, 0.15) is 11.6 Å². The molecule has 1 aromatic carbocycles. The second-order valence-corrected chi connectivity index (χ2v) is 7.75. The number of guanidine groups is 1. The fourth-order valence-corrected chi connectivity index (χ4v) is 3.80. The largest absolute Gasteiger partial charge is 0.354 e. The van der Waals surface area contributed by atoms with Gasteiger partial charge in [-0.1, -0.05) is 6.07 Å². The van der Waals surface area contributed by atoms with Crippen molar-refractivity contribution >= 4 is 5.96 Å². The first-order chi connectivity index (χ1) is 13.0. The smallest absolute Gasteiger partial charge is 0.191 e. The predicted octanol–water partition coefficient (Wildman–Crippen LogP) is 2.36. The Hall–Kier alpha value is -1.73. The van der Waals surface area contributed by atoms with Gasteiger partial charge in [0.2, 0.25) is 0 Å². The summed E-state index contributed by atoms with van der Waals surface area (Å²) in [5, 5.41) is 6.71. The highest BCUT2D eigenvalue weighted by Gasteiger charge is 2.32. The molecule has 0 amide bonds. The van der Waals surface area contributed by atoms with E-state index in [9.17, 15) is 8.78 Å². The molecule has 5 nitrogen and oxygen atoms in total. The normalized spacial score (nSPS) is 20.7. The number of rotatable bonds is 6. The summed E-state index contributed by atoms with van der Waals surface area (Å²) in [7, 11) is 5.37. The number of likely N-dealkylation sites (tertiary alicyclic amines) is 1. The molecule has 3 rings (SSSR count). The molecule has 150 valence electrons. The number of hydrogen-bond donors (Lipinski definition) is 2. The number of benzene rings is 1. The molecule has 0 radical (unpaired) electrons. The minimum atomic E-state index is -0.522. The Kier molecular flexibility index (Phi) is 6.65. The molecule has 27 heavy (non-hydrogen) atoms. The number of halogens is 2. The molecule has 0 aromatic heterocycles. The van der Waals surface area contributed by atoms with Crippen molar-refractivity contribution in [2.24, 2.45) is 4.99 Å². The van der Waals surface area contributed by atoms with Crippen LogP contribution in [-0.2, 0) is 0 Å². The monoisotopic (exact) mass is 379 g/mol. The summed E-state index contributed by atoms with van der Waals surface area (Å²) in [6.07, 6.45) is 4.88. The van der Waals surface area contributed by atoms with E-state index in [-0.39, 0.29) is 5.56 Å². The molecular formula is C20H31F2N5. The summed E-state index contributed by atoms with van der Waals surface area (Å²) in [6.45, 7) is 2.62. The number of piperidine rings is 1. The molecular weight excluding hydrogens is 348 g/mol. The first-order valence-electron chi connectivity index (χ1n) is 9.81. The van der Waals surface area contributed by atoms with Gasteiger partial charge in [0, 0.05) is 44.3 Å². The van der Waals surface area contributed by atoms with Gasteiger partial charge in [-0.15, -0.1) is 0 Å². The Labute approximate surface area is 160 Å². The molecule has 1 saturated carbocycles. The topological polar surface area (TPSA) is 42.9 Å². The van der Waals surface area contributed by atoms with Crippen molar-refractivity contribution in [1.29, 1.82) is 0 Å². The molecule has 2 N–H and O–H groups in total. The number of nitrogens with one attached hydrogen (secondary N) is 2. The zero-order valence-corrected chi connectivity index (χ0v) is 16.5. The molecule has 1 aliphatic heterocycles. The van der Waals surface area contributed by atoms with Gasteiger partial charge in [0.25, 0.3) is 0 Å². The van der Waals surface area contributed by atoms with Gasteiger partial charge in [-0.25, -0.2) is 8.78 Å². The van der Waals surface area contributed by atoms with Crippen molar-refractivity contribution in [2.75, 3.05) is 40.8 Å². The van der Waals surface area contributed by atoms with Crippen molar-refractivity contribution in [2.45, 2.75) is 43.8 Å². The van der Waals surface area contributed by atoms with Crippen molar-refractivity contribution in [3.63, 3.8) is 0 Å². The first kappa shape index (κ1) is 20.0. The van der Waals surface area contributed by atoms with Crippen LogP contribution in [0.4, 0.5) is 8.78 Å². The highest BCUT2D eigenvalue weighted by Crippen LogP contribution is 2.29. The van der Waals surface area contributed by atoms with Crippen LogP contribution in [0.25, 0.3) is 0 Å². The van der Waals surface area contributed by atoms with E-state index in [1.54, 1.807) is 7.05 Å². The molecule has 0 spiro atoms. The average Bonchev–Trinajstić information content (AvgIpc) is 3.48. The minimum Gasteiger partial charge on any atom is -0.354 e. The Bertz CT molecular complexity index is 632. The highest BCUT2D eigenvalue weighted by molar-refractivity contribution is 5.80. The van der Waals surface area contributed by atoms with E-state index >= 15 is 0 Å². The van der Waals surface area contributed by atoms with Crippen molar-refractivity contribution < 1.29 is 8.78 Å². The van der Waals surface area contributed by atoms with Crippen LogP contribution in [0.3, 0.4) is 0 Å². The van der Waals surface area contributed by atoms with Crippen molar-refractivity contribution in [3.8, 4) is 0 Å². The van der Waals surface area contributed by atoms with Gasteiger partial charge in [-0.3, -0.25) is 4.99 Å². The van der Waals surface area contributed by atoms with Gasteiger partial charge < -0.3 is 20.4 Å². The molecule has 1 unspecified atom stereocenters. The van der Waals surface area contributed by atoms with Crippen molar-refractivity contribution in [3.05, 3.63) is 35.4 Å². The van der Waals surface area contributed by atoms with Crippen LogP contribution in [0.1, 0.15) is 37.3 Å². The molecule has 1 saturated heterocycles. The molecule has 1 heterocycles. The lowest BCUT2D eigenvalue weighted by Crippen LogP contribution is -2.50. The van der Waals surface area contributed by atoms with E-state index in [2.05, 4.69) is 20.5 Å². The maximum absolute atomic E-state index is 14.2. The molecule has 1 atom stereocenters. The number of aliphatic imine (C=N–C) groups is 1. The van der Waals surface area contributed by atoms with Gasteiger partial charge in [0.05, 0.1) is 6.04 Å². The van der Waals surface area contributed by atoms with E-state index < -0.39 is 17.7 Å². The fourth-order valence-electron chi connectivity index (χ4n) is 3.80. The van der Waals surface area contributed by atoms with Gasteiger partial charge >= 0.3 is 0 Å². The lowest BCUT2D eigenvalue weighted by molar-refractivity contribution is 0.197. The van der Waals surface area contributed by atoms with Crippen LogP contribution in [0.2, 0.25) is 0 Å². The highest BCUT2D eigenvalue weighted by atomic mass is 19.1. The summed E-state index contributed by atoms with van der Waals surface area (Å²) in [4.78, 5) is 8.69. The summed E-state index contributed by atoms with van der Waals surface area (Å²) >= 11 is 0. The summed E-state index contributed by atoms with van der Waals surface area (Å²) in [6, 6.07) is 4.77. The second-order valence-electron chi connectivity index (χ2n) is 7.75. The lowest BCUT2D eigenvalue weighted by atomic mass is 10.0. The Morgan fingerprint density at radius 2 is 1.81 bits per heavy atom. The third-order valence-electron chi connectivity index (χ3n) is 5.58. The maximum Gasteiger partial charge on any atom is 0.191 e. The van der Waals surface area contributed by atoms with Gasteiger partial charge in [-0.2, -0.15) is 0 Å². The zero-order chi connectivity index (χ0) is 19.4. The van der Waals surface area contributed by atoms with Crippen molar-refractivity contribution in [1.82, 2.24) is 20.4 Å². The molecule has 2 fully saturated rings. The van der Waals surface area contributed by atoms with Crippen LogP contribution < -0.4 is 10.6 Å². The van der Waals surface area contributed by atoms with E-state index in [0.717, 1.165) is 32.0 Å². The maximum atomic E-state index is 14.2. The van der Waals surface area contributed by atoms with Crippen LogP contribution in [0.15, 0.2) is 23.2 Å². The van der Waals surface area contributed by atoms with E-state index in [1.807, 2.05) is 19.0 Å². The summed E-state index contributed by atoms with van der Waals surface area (Å²) in [5.74, 6) is -0.361. The number of likely N-dealkylation sites (N-methyl/N-ethyl adjacent to an activating group) is 1. The lowest BCUT2D eigenvalue weighted by Gasteiger charge is -2.33. The Morgan fingerprint density at radius 3 is 2.33 bits per heavy atom. The third-order valence-corrected chi connectivity index (χ3v) is 5.58. The van der Waals surface area contributed by atoms with Crippen LogP contribution in [0.5, 0.6) is 0 Å². The SMILES string of the molecule is CN=C(NCC(c1c(F)cccc1F)N(C)C)NC1CCN(C2CC2)CC1.